The SMILES string of the molecule is CCCn1c(CCC(C)N)nc2c(F)cccc21. The van der Waals surface area contributed by atoms with Crippen LogP contribution < -0.4 is 5.73 Å². The first-order chi connectivity index (χ1) is 8.63. The van der Waals surface area contributed by atoms with E-state index < -0.39 is 0 Å². The first-order valence-corrected chi connectivity index (χ1v) is 6.52. The number of hydrogen-bond donors (Lipinski definition) is 1. The lowest BCUT2D eigenvalue weighted by Crippen LogP contribution is -2.16. The fourth-order valence-corrected chi connectivity index (χ4v) is 2.18. The van der Waals surface area contributed by atoms with E-state index in [4.69, 9.17) is 5.73 Å². The fraction of sp³-hybridized carbons (Fsp3) is 0.500. The third-order valence-electron chi connectivity index (χ3n) is 3.08. The van der Waals surface area contributed by atoms with Crippen molar-refractivity contribution in [2.24, 2.45) is 5.73 Å². The minimum Gasteiger partial charge on any atom is -0.328 e. The Morgan fingerprint density at radius 2 is 2.22 bits per heavy atom. The normalized spacial score (nSPS) is 13.1. The zero-order valence-corrected chi connectivity index (χ0v) is 11.0. The van der Waals surface area contributed by atoms with Crippen LogP contribution in [-0.2, 0) is 13.0 Å². The van der Waals surface area contributed by atoms with Crippen LogP contribution in [-0.4, -0.2) is 15.6 Å². The lowest BCUT2D eigenvalue weighted by atomic mass is 10.2. The number of imidazole rings is 1. The second kappa shape index (κ2) is 5.48. The fourth-order valence-electron chi connectivity index (χ4n) is 2.18. The van der Waals surface area contributed by atoms with Crippen LogP contribution in [0.25, 0.3) is 11.0 Å². The molecule has 2 aromatic rings. The molecule has 0 saturated carbocycles. The maximum Gasteiger partial charge on any atom is 0.151 e. The van der Waals surface area contributed by atoms with Crippen LogP contribution in [0.5, 0.6) is 0 Å². The van der Waals surface area contributed by atoms with Crippen LogP contribution in [0.3, 0.4) is 0 Å². The quantitative estimate of drug-likeness (QED) is 0.885. The summed E-state index contributed by atoms with van der Waals surface area (Å²) < 4.78 is 15.8. The summed E-state index contributed by atoms with van der Waals surface area (Å²) in [6, 6.07) is 5.27. The Hall–Kier alpha value is -1.42. The summed E-state index contributed by atoms with van der Waals surface area (Å²) in [5, 5.41) is 0. The summed E-state index contributed by atoms with van der Waals surface area (Å²) in [7, 11) is 0. The van der Waals surface area contributed by atoms with Gasteiger partial charge in [0.15, 0.2) is 5.82 Å². The predicted octanol–water partition coefficient (Wildman–Crippen LogP) is 2.87. The van der Waals surface area contributed by atoms with Gasteiger partial charge >= 0.3 is 0 Å². The Kier molecular flexibility index (Phi) is 3.97. The highest BCUT2D eigenvalue weighted by atomic mass is 19.1. The molecule has 1 unspecified atom stereocenters. The standard InChI is InChI=1S/C14H20FN3/c1-3-9-18-12-6-4-5-11(15)14(12)17-13(18)8-7-10(2)16/h4-6,10H,3,7-9,16H2,1-2H3. The van der Waals surface area contributed by atoms with Crippen LogP contribution in [0.1, 0.15) is 32.5 Å². The number of para-hydroxylation sites is 1. The van der Waals surface area contributed by atoms with Gasteiger partial charge in [-0.15, -0.1) is 0 Å². The van der Waals surface area contributed by atoms with Gasteiger partial charge in [-0.2, -0.15) is 0 Å². The van der Waals surface area contributed by atoms with Crippen LogP contribution in [0.15, 0.2) is 18.2 Å². The van der Waals surface area contributed by atoms with Crippen molar-refractivity contribution >= 4 is 11.0 Å². The summed E-state index contributed by atoms with van der Waals surface area (Å²) in [5.41, 5.74) is 7.14. The van der Waals surface area contributed by atoms with Gasteiger partial charge in [-0.3, -0.25) is 0 Å². The van der Waals surface area contributed by atoms with Crippen molar-refractivity contribution in [3.05, 3.63) is 29.8 Å². The molecule has 0 aliphatic rings. The molecule has 0 bridgehead atoms. The lowest BCUT2D eigenvalue weighted by Gasteiger charge is -2.08. The highest BCUT2D eigenvalue weighted by molar-refractivity contribution is 5.76. The van der Waals surface area contributed by atoms with Gasteiger partial charge in [-0.05, 0) is 31.9 Å². The van der Waals surface area contributed by atoms with Gasteiger partial charge in [0.1, 0.15) is 11.3 Å². The molecule has 1 aromatic carbocycles. The Bertz CT molecular complexity index is 531. The zero-order chi connectivity index (χ0) is 13.1. The molecule has 0 amide bonds. The molecule has 0 fully saturated rings. The van der Waals surface area contributed by atoms with Crippen molar-refractivity contribution in [3.8, 4) is 0 Å². The molecule has 4 heteroatoms. The van der Waals surface area contributed by atoms with E-state index in [1.807, 2.05) is 13.0 Å². The highest BCUT2D eigenvalue weighted by Gasteiger charge is 2.13. The van der Waals surface area contributed by atoms with Gasteiger partial charge in [-0.1, -0.05) is 13.0 Å². The van der Waals surface area contributed by atoms with Crippen molar-refractivity contribution < 1.29 is 4.39 Å². The largest absolute Gasteiger partial charge is 0.328 e. The summed E-state index contributed by atoms with van der Waals surface area (Å²) in [6.07, 6.45) is 2.67. The number of nitrogens with zero attached hydrogens (tertiary/aromatic N) is 2. The first kappa shape index (κ1) is 13.0. The van der Waals surface area contributed by atoms with E-state index in [2.05, 4.69) is 16.5 Å². The van der Waals surface area contributed by atoms with Crippen molar-refractivity contribution in [2.75, 3.05) is 0 Å². The van der Waals surface area contributed by atoms with Crippen molar-refractivity contribution in [1.29, 1.82) is 0 Å². The number of aryl methyl sites for hydroxylation is 2. The van der Waals surface area contributed by atoms with Gasteiger partial charge in [0, 0.05) is 19.0 Å². The first-order valence-electron chi connectivity index (χ1n) is 6.52. The second-order valence-electron chi connectivity index (χ2n) is 4.80. The van der Waals surface area contributed by atoms with E-state index >= 15 is 0 Å². The Morgan fingerprint density at radius 3 is 2.89 bits per heavy atom. The second-order valence-corrected chi connectivity index (χ2v) is 4.80. The molecule has 0 saturated heterocycles. The van der Waals surface area contributed by atoms with Gasteiger partial charge in [-0.25, -0.2) is 9.37 Å². The summed E-state index contributed by atoms with van der Waals surface area (Å²) in [6.45, 7) is 4.96. The van der Waals surface area contributed by atoms with Gasteiger partial charge in [0.25, 0.3) is 0 Å². The van der Waals surface area contributed by atoms with E-state index in [1.54, 1.807) is 6.07 Å². The number of fused-ring (bicyclic) bond motifs is 1. The van der Waals surface area contributed by atoms with Crippen LogP contribution in [0.4, 0.5) is 4.39 Å². The third-order valence-corrected chi connectivity index (χ3v) is 3.08. The number of hydrogen-bond acceptors (Lipinski definition) is 2. The Morgan fingerprint density at radius 1 is 1.44 bits per heavy atom. The number of halogens is 1. The molecule has 2 N–H and O–H groups in total. The molecule has 0 aliphatic heterocycles. The Balaban J connectivity index is 2.43. The molecular formula is C14H20FN3. The van der Waals surface area contributed by atoms with Gasteiger partial charge < -0.3 is 10.3 Å². The minimum atomic E-state index is -0.246. The average molecular weight is 249 g/mol. The van der Waals surface area contributed by atoms with Crippen LogP contribution in [0.2, 0.25) is 0 Å². The molecule has 98 valence electrons. The van der Waals surface area contributed by atoms with Crippen molar-refractivity contribution in [2.45, 2.75) is 45.7 Å². The molecule has 2 rings (SSSR count). The van der Waals surface area contributed by atoms with Gasteiger partial charge in [0.2, 0.25) is 0 Å². The van der Waals surface area contributed by atoms with Crippen molar-refractivity contribution in [3.63, 3.8) is 0 Å². The average Bonchev–Trinajstić information content (AvgIpc) is 2.67. The summed E-state index contributed by atoms with van der Waals surface area (Å²) in [5.74, 6) is 0.693. The molecule has 0 spiro atoms. The van der Waals surface area contributed by atoms with E-state index in [-0.39, 0.29) is 11.9 Å². The smallest absolute Gasteiger partial charge is 0.151 e. The lowest BCUT2D eigenvalue weighted by molar-refractivity contribution is 0.601. The topological polar surface area (TPSA) is 43.8 Å². The molecular weight excluding hydrogens is 229 g/mol. The highest BCUT2D eigenvalue weighted by Crippen LogP contribution is 2.20. The van der Waals surface area contributed by atoms with Crippen LogP contribution >= 0.6 is 0 Å². The molecule has 3 nitrogen and oxygen atoms in total. The third kappa shape index (κ3) is 2.53. The maximum absolute atomic E-state index is 13.7. The molecule has 0 radical (unpaired) electrons. The molecule has 1 atom stereocenters. The molecule has 1 aromatic heterocycles. The predicted molar refractivity (Wildman–Crippen MR) is 72.0 cm³/mol. The van der Waals surface area contributed by atoms with E-state index in [0.29, 0.717) is 5.52 Å². The van der Waals surface area contributed by atoms with E-state index in [9.17, 15) is 4.39 Å². The van der Waals surface area contributed by atoms with E-state index in [1.165, 1.54) is 6.07 Å². The zero-order valence-electron chi connectivity index (χ0n) is 11.0. The summed E-state index contributed by atoms with van der Waals surface area (Å²) in [4.78, 5) is 4.44. The number of aromatic nitrogens is 2. The Labute approximate surface area is 107 Å². The molecule has 1 heterocycles. The minimum absolute atomic E-state index is 0.143. The van der Waals surface area contributed by atoms with E-state index in [0.717, 1.165) is 37.1 Å². The molecule has 18 heavy (non-hydrogen) atoms. The monoisotopic (exact) mass is 249 g/mol. The maximum atomic E-state index is 13.7. The summed E-state index contributed by atoms with van der Waals surface area (Å²) >= 11 is 0. The molecule has 0 aliphatic carbocycles. The number of nitrogens with two attached hydrogens (primary N) is 1. The number of benzene rings is 1. The van der Waals surface area contributed by atoms with Gasteiger partial charge in [0.05, 0.1) is 5.52 Å². The number of rotatable bonds is 5. The van der Waals surface area contributed by atoms with Crippen molar-refractivity contribution in [1.82, 2.24) is 9.55 Å². The van der Waals surface area contributed by atoms with Crippen LogP contribution in [0, 0.1) is 5.82 Å².